The fourth-order valence-electron chi connectivity index (χ4n) is 1.75. The number of carbonyl (C=O) groups is 1. The maximum atomic E-state index is 12.3. The molecular weight excluding hydrogens is 346 g/mol. The average Bonchev–Trinajstić information content (AvgIpc) is 2.42. The Bertz CT molecular complexity index is 614. The second-order valence-electron chi connectivity index (χ2n) is 4.16. The van der Waals surface area contributed by atoms with Crippen molar-refractivity contribution in [3.63, 3.8) is 0 Å². The molecule has 1 aromatic rings. The molecule has 0 radical (unpaired) electrons. The van der Waals surface area contributed by atoms with Crippen LogP contribution in [0, 0.1) is 6.92 Å². The zero-order valence-electron chi connectivity index (χ0n) is 11.0. The average molecular weight is 359 g/mol. The molecule has 0 atom stereocenters. The molecule has 7 heteroatoms. The summed E-state index contributed by atoms with van der Waals surface area (Å²) in [5.41, 5.74) is 0.839. The molecule has 5 nitrogen and oxygen atoms in total. The molecule has 0 aliphatic heterocycles. The number of ether oxygens (including phenoxy) is 1. The maximum Gasteiger partial charge on any atom is 0.262 e. The number of methoxy groups -OCH3 is 1. The molecular formula is C13H13BrClN3O2. The Hall–Kier alpha value is -1.40. The van der Waals surface area contributed by atoms with Crippen molar-refractivity contribution in [3.05, 3.63) is 38.9 Å². The number of aryl methyl sites for hydroxylation is 1. The van der Waals surface area contributed by atoms with E-state index in [1.54, 1.807) is 6.92 Å². The van der Waals surface area contributed by atoms with Gasteiger partial charge >= 0.3 is 0 Å². The SMILES string of the molecule is COc1nc(C)ncc1C(=O)NC1=C(Br)CCC=C1Cl. The molecule has 106 valence electrons. The Labute approximate surface area is 130 Å². The molecule has 1 heterocycles. The Morgan fingerprint density at radius 1 is 1.55 bits per heavy atom. The van der Waals surface area contributed by atoms with E-state index in [0.29, 0.717) is 16.6 Å². The molecule has 1 aliphatic carbocycles. The molecule has 1 N–H and O–H groups in total. The van der Waals surface area contributed by atoms with Gasteiger partial charge in [-0.3, -0.25) is 4.79 Å². The Balaban J connectivity index is 2.27. The molecule has 20 heavy (non-hydrogen) atoms. The first kappa shape index (κ1) is 15.0. The van der Waals surface area contributed by atoms with Gasteiger partial charge in [-0.25, -0.2) is 4.98 Å². The number of hydrogen-bond acceptors (Lipinski definition) is 4. The largest absolute Gasteiger partial charge is 0.480 e. The summed E-state index contributed by atoms with van der Waals surface area (Å²) in [4.78, 5) is 20.4. The summed E-state index contributed by atoms with van der Waals surface area (Å²) in [6.45, 7) is 1.73. The summed E-state index contributed by atoms with van der Waals surface area (Å²) in [5.74, 6) is 0.416. The molecule has 0 unspecified atom stereocenters. The van der Waals surface area contributed by atoms with Gasteiger partial charge in [0.15, 0.2) is 0 Å². The molecule has 0 fully saturated rings. The highest BCUT2D eigenvalue weighted by Gasteiger charge is 2.20. The van der Waals surface area contributed by atoms with E-state index in [0.717, 1.165) is 17.3 Å². The molecule has 0 spiro atoms. The van der Waals surface area contributed by atoms with Gasteiger partial charge in [0.05, 0.1) is 17.8 Å². The van der Waals surface area contributed by atoms with Gasteiger partial charge in [-0.1, -0.05) is 33.6 Å². The van der Waals surface area contributed by atoms with E-state index in [1.165, 1.54) is 13.3 Å². The van der Waals surface area contributed by atoms with Gasteiger partial charge in [-0.15, -0.1) is 0 Å². The molecule has 1 aromatic heterocycles. The summed E-state index contributed by atoms with van der Waals surface area (Å²) < 4.78 is 5.97. The van der Waals surface area contributed by atoms with E-state index < -0.39 is 0 Å². The van der Waals surface area contributed by atoms with Crippen LogP contribution >= 0.6 is 27.5 Å². The van der Waals surface area contributed by atoms with Gasteiger partial charge in [0.1, 0.15) is 11.4 Å². The van der Waals surface area contributed by atoms with Crippen molar-refractivity contribution < 1.29 is 9.53 Å². The van der Waals surface area contributed by atoms with Crippen LogP contribution in [-0.4, -0.2) is 23.0 Å². The van der Waals surface area contributed by atoms with Crippen LogP contribution in [0.1, 0.15) is 29.0 Å². The van der Waals surface area contributed by atoms with E-state index in [1.807, 2.05) is 6.08 Å². The fourth-order valence-corrected chi connectivity index (χ4v) is 2.68. The molecule has 1 amide bonds. The van der Waals surface area contributed by atoms with Crippen molar-refractivity contribution >= 4 is 33.4 Å². The molecule has 0 aromatic carbocycles. The lowest BCUT2D eigenvalue weighted by Crippen LogP contribution is -2.25. The summed E-state index contributed by atoms with van der Waals surface area (Å²) >= 11 is 9.52. The van der Waals surface area contributed by atoms with Crippen LogP contribution in [0.2, 0.25) is 0 Å². The van der Waals surface area contributed by atoms with E-state index in [4.69, 9.17) is 16.3 Å². The first-order valence-corrected chi connectivity index (χ1v) is 7.13. The van der Waals surface area contributed by atoms with E-state index in [2.05, 4.69) is 31.2 Å². The minimum absolute atomic E-state index is 0.239. The second-order valence-corrected chi connectivity index (χ2v) is 5.53. The molecule has 0 saturated carbocycles. The summed E-state index contributed by atoms with van der Waals surface area (Å²) in [7, 11) is 1.46. The van der Waals surface area contributed by atoms with Gasteiger partial charge in [0, 0.05) is 10.7 Å². The van der Waals surface area contributed by atoms with Crippen molar-refractivity contribution in [2.24, 2.45) is 0 Å². The van der Waals surface area contributed by atoms with Crippen molar-refractivity contribution in [1.82, 2.24) is 15.3 Å². The normalized spacial score (nSPS) is 14.9. The summed E-state index contributed by atoms with van der Waals surface area (Å²) in [6.07, 6.45) is 4.94. The van der Waals surface area contributed by atoms with E-state index >= 15 is 0 Å². The zero-order chi connectivity index (χ0) is 14.7. The van der Waals surface area contributed by atoms with Crippen LogP contribution < -0.4 is 10.1 Å². The lowest BCUT2D eigenvalue weighted by molar-refractivity contribution is 0.0962. The smallest absolute Gasteiger partial charge is 0.262 e. The summed E-state index contributed by atoms with van der Waals surface area (Å²) in [5, 5.41) is 3.28. The third kappa shape index (κ3) is 3.19. The zero-order valence-corrected chi connectivity index (χ0v) is 13.4. The Morgan fingerprint density at radius 2 is 2.30 bits per heavy atom. The minimum atomic E-state index is -0.359. The fraction of sp³-hybridized carbons (Fsp3) is 0.308. The van der Waals surface area contributed by atoms with Crippen LogP contribution in [0.4, 0.5) is 0 Å². The third-order valence-electron chi connectivity index (χ3n) is 2.75. The number of nitrogens with one attached hydrogen (secondary N) is 1. The van der Waals surface area contributed by atoms with Gasteiger partial charge in [0.2, 0.25) is 5.88 Å². The van der Waals surface area contributed by atoms with Crippen LogP contribution in [-0.2, 0) is 0 Å². The number of amides is 1. The highest BCUT2D eigenvalue weighted by atomic mass is 79.9. The van der Waals surface area contributed by atoms with Gasteiger partial charge in [0.25, 0.3) is 5.91 Å². The van der Waals surface area contributed by atoms with Crippen molar-refractivity contribution in [2.75, 3.05) is 7.11 Å². The first-order valence-electron chi connectivity index (χ1n) is 5.96. The number of carbonyl (C=O) groups excluding carboxylic acids is 1. The lowest BCUT2D eigenvalue weighted by Gasteiger charge is -2.16. The standard InChI is InChI=1S/C13H13BrClN3O2/c1-7-16-6-8(13(17-7)20-2)12(19)18-11-9(14)4-3-5-10(11)15/h5-6H,3-4H2,1-2H3,(H,18,19). The number of aromatic nitrogens is 2. The predicted octanol–water partition coefficient (Wildman–Crippen LogP) is 3.05. The molecule has 2 rings (SSSR count). The van der Waals surface area contributed by atoms with Gasteiger partial charge in [-0.05, 0) is 19.8 Å². The predicted molar refractivity (Wildman–Crippen MR) is 79.9 cm³/mol. The van der Waals surface area contributed by atoms with E-state index in [-0.39, 0.29) is 17.4 Å². The molecule has 1 aliphatic rings. The van der Waals surface area contributed by atoms with Crippen LogP contribution in [0.25, 0.3) is 0 Å². The monoisotopic (exact) mass is 357 g/mol. The third-order valence-corrected chi connectivity index (χ3v) is 3.88. The van der Waals surface area contributed by atoms with E-state index in [9.17, 15) is 4.79 Å². The van der Waals surface area contributed by atoms with Gasteiger partial charge in [-0.2, -0.15) is 4.98 Å². The lowest BCUT2D eigenvalue weighted by atomic mass is 10.1. The topological polar surface area (TPSA) is 64.1 Å². The van der Waals surface area contributed by atoms with Gasteiger partial charge < -0.3 is 10.1 Å². The number of rotatable bonds is 3. The van der Waals surface area contributed by atoms with Crippen LogP contribution in [0.5, 0.6) is 5.88 Å². The van der Waals surface area contributed by atoms with Crippen LogP contribution in [0.3, 0.4) is 0 Å². The van der Waals surface area contributed by atoms with Crippen LogP contribution in [0.15, 0.2) is 27.5 Å². The second kappa shape index (κ2) is 6.37. The quantitative estimate of drug-likeness (QED) is 0.902. The number of nitrogens with zero attached hydrogens (tertiary/aromatic N) is 2. The number of allylic oxidation sites excluding steroid dienone is 3. The highest BCUT2D eigenvalue weighted by Crippen LogP contribution is 2.30. The van der Waals surface area contributed by atoms with Crippen molar-refractivity contribution in [3.8, 4) is 5.88 Å². The highest BCUT2D eigenvalue weighted by molar-refractivity contribution is 9.11. The molecule has 0 bridgehead atoms. The Kier molecular flexibility index (Phi) is 4.77. The number of halogens is 2. The Morgan fingerprint density at radius 3 is 2.95 bits per heavy atom. The number of hydrogen-bond donors (Lipinski definition) is 1. The molecule has 0 saturated heterocycles. The van der Waals surface area contributed by atoms with Crippen molar-refractivity contribution in [2.45, 2.75) is 19.8 Å². The van der Waals surface area contributed by atoms with Crippen molar-refractivity contribution in [1.29, 1.82) is 0 Å². The summed E-state index contributed by atoms with van der Waals surface area (Å²) in [6, 6.07) is 0. The first-order chi connectivity index (χ1) is 9.52. The minimum Gasteiger partial charge on any atom is -0.480 e. The maximum absolute atomic E-state index is 12.3.